The second-order valence-electron chi connectivity index (χ2n) is 4.13. The van der Waals surface area contributed by atoms with Crippen LogP contribution in [0.4, 0.5) is 0 Å². The van der Waals surface area contributed by atoms with Gasteiger partial charge in [-0.2, -0.15) is 0 Å². The van der Waals surface area contributed by atoms with E-state index in [1.54, 1.807) is 7.11 Å². The zero-order chi connectivity index (χ0) is 13.4. The summed E-state index contributed by atoms with van der Waals surface area (Å²) in [7, 11) is 1.61. The summed E-state index contributed by atoms with van der Waals surface area (Å²) in [5.74, 6) is 0.0663. The highest BCUT2D eigenvalue weighted by Gasteiger charge is 2.05. The minimum Gasteiger partial charge on any atom is -0.497 e. The molecule has 4 nitrogen and oxygen atoms in total. The van der Waals surface area contributed by atoms with E-state index >= 15 is 0 Å². The molecule has 0 bridgehead atoms. The lowest BCUT2D eigenvalue weighted by atomic mass is 10.0. The van der Waals surface area contributed by atoms with Crippen molar-refractivity contribution in [2.24, 2.45) is 0 Å². The van der Waals surface area contributed by atoms with Crippen LogP contribution < -0.4 is 4.74 Å². The summed E-state index contributed by atoms with van der Waals surface area (Å²) in [6.45, 7) is 0. The average Bonchev–Trinajstić information content (AvgIpc) is 2.36. The van der Waals surface area contributed by atoms with E-state index in [1.165, 1.54) is 0 Å². The van der Waals surface area contributed by atoms with E-state index in [-0.39, 0.29) is 12.2 Å². The monoisotopic (exact) mass is 250 g/mol. The van der Waals surface area contributed by atoms with Crippen molar-refractivity contribution in [3.05, 3.63) is 29.8 Å². The van der Waals surface area contributed by atoms with Gasteiger partial charge in [0.2, 0.25) is 0 Å². The van der Waals surface area contributed by atoms with Crippen molar-refractivity contribution in [1.82, 2.24) is 0 Å². The quantitative estimate of drug-likeness (QED) is 0.769. The Kier molecular flexibility index (Phi) is 5.91. The predicted molar refractivity (Wildman–Crippen MR) is 67.8 cm³/mol. The number of carbonyl (C=O) groups excluding carboxylic acids is 1. The van der Waals surface area contributed by atoms with Crippen LogP contribution in [0.1, 0.15) is 31.2 Å². The molecule has 0 aliphatic heterocycles. The van der Waals surface area contributed by atoms with E-state index in [2.05, 4.69) is 0 Å². The Bertz CT molecular complexity index is 395. The maximum atomic E-state index is 11.5. The van der Waals surface area contributed by atoms with Crippen LogP contribution in [0.5, 0.6) is 5.75 Å². The summed E-state index contributed by atoms with van der Waals surface area (Å²) in [5.41, 5.74) is 1.09. The van der Waals surface area contributed by atoms with E-state index in [0.717, 1.165) is 11.3 Å². The molecule has 0 radical (unpaired) electrons. The van der Waals surface area contributed by atoms with Crippen molar-refractivity contribution in [3.63, 3.8) is 0 Å². The van der Waals surface area contributed by atoms with Gasteiger partial charge in [0.25, 0.3) is 0 Å². The van der Waals surface area contributed by atoms with Crippen molar-refractivity contribution < 1.29 is 19.4 Å². The minimum absolute atomic E-state index is 0.0638. The zero-order valence-electron chi connectivity index (χ0n) is 10.5. The number of ether oxygens (including phenoxy) is 1. The van der Waals surface area contributed by atoms with E-state index in [0.29, 0.717) is 25.7 Å². The number of hydrogen-bond acceptors (Lipinski definition) is 3. The van der Waals surface area contributed by atoms with Gasteiger partial charge in [0.05, 0.1) is 7.11 Å². The SMILES string of the molecule is COc1ccc(CCC(=O)CCCC(=O)O)cc1. The zero-order valence-corrected chi connectivity index (χ0v) is 10.5. The van der Waals surface area contributed by atoms with Gasteiger partial charge in [-0.25, -0.2) is 0 Å². The summed E-state index contributed by atoms with van der Waals surface area (Å²) in [5, 5.41) is 8.46. The molecule has 0 fully saturated rings. The molecule has 1 aromatic carbocycles. The molecular weight excluding hydrogens is 232 g/mol. The number of aliphatic carboxylic acids is 1. The molecule has 0 aliphatic rings. The summed E-state index contributed by atoms with van der Waals surface area (Å²) in [6, 6.07) is 7.60. The second kappa shape index (κ2) is 7.48. The molecular formula is C14H18O4. The Labute approximate surface area is 107 Å². The fourth-order valence-corrected chi connectivity index (χ4v) is 1.64. The van der Waals surface area contributed by atoms with Crippen molar-refractivity contribution in [3.8, 4) is 5.75 Å². The van der Waals surface area contributed by atoms with Crippen LogP contribution in [-0.4, -0.2) is 24.0 Å². The minimum atomic E-state index is -0.849. The van der Waals surface area contributed by atoms with Crippen LogP contribution >= 0.6 is 0 Å². The van der Waals surface area contributed by atoms with E-state index in [4.69, 9.17) is 9.84 Å². The van der Waals surface area contributed by atoms with Crippen LogP contribution in [0.15, 0.2) is 24.3 Å². The Morgan fingerprint density at radius 2 is 1.78 bits per heavy atom. The lowest BCUT2D eigenvalue weighted by Gasteiger charge is -2.03. The summed E-state index contributed by atoms with van der Waals surface area (Å²) in [4.78, 5) is 21.8. The van der Waals surface area contributed by atoms with Gasteiger partial charge in [-0.05, 0) is 30.5 Å². The van der Waals surface area contributed by atoms with Gasteiger partial charge in [-0.1, -0.05) is 12.1 Å². The maximum absolute atomic E-state index is 11.5. The lowest BCUT2D eigenvalue weighted by Crippen LogP contribution is -2.02. The summed E-state index contributed by atoms with van der Waals surface area (Å²) >= 11 is 0. The molecule has 0 amide bonds. The first-order valence-electron chi connectivity index (χ1n) is 5.98. The number of ketones is 1. The molecule has 0 atom stereocenters. The van der Waals surface area contributed by atoms with E-state index in [9.17, 15) is 9.59 Å². The number of carboxylic acids is 1. The van der Waals surface area contributed by atoms with Gasteiger partial charge in [0.15, 0.2) is 0 Å². The first-order valence-corrected chi connectivity index (χ1v) is 5.98. The highest BCUT2D eigenvalue weighted by Crippen LogP contribution is 2.13. The van der Waals surface area contributed by atoms with Crippen LogP contribution in [-0.2, 0) is 16.0 Å². The van der Waals surface area contributed by atoms with Crippen LogP contribution in [0.25, 0.3) is 0 Å². The first kappa shape index (κ1) is 14.2. The van der Waals surface area contributed by atoms with Gasteiger partial charge in [0.1, 0.15) is 11.5 Å². The van der Waals surface area contributed by atoms with E-state index in [1.807, 2.05) is 24.3 Å². The van der Waals surface area contributed by atoms with Crippen molar-refractivity contribution in [2.45, 2.75) is 32.1 Å². The Hall–Kier alpha value is -1.84. The Morgan fingerprint density at radius 1 is 1.11 bits per heavy atom. The van der Waals surface area contributed by atoms with Gasteiger partial charge in [-0.15, -0.1) is 0 Å². The fraction of sp³-hybridized carbons (Fsp3) is 0.429. The normalized spacial score (nSPS) is 10.1. The van der Waals surface area contributed by atoms with Gasteiger partial charge in [0, 0.05) is 19.3 Å². The Morgan fingerprint density at radius 3 is 2.33 bits per heavy atom. The molecule has 0 aliphatic carbocycles. The third-order valence-electron chi connectivity index (χ3n) is 2.70. The van der Waals surface area contributed by atoms with Crippen LogP contribution in [0, 0.1) is 0 Å². The van der Waals surface area contributed by atoms with Crippen molar-refractivity contribution in [1.29, 1.82) is 0 Å². The molecule has 0 saturated carbocycles. The molecule has 0 heterocycles. The second-order valence-corrected chi connectivity index (χ2v) is 4.13. The maximum Gasteiger partial charge on any atom is 0.303 e. The summed E-state index contributed by atoms with van der Waals surface area (Å²) in [6.07, 6.45) is 2.00. The number of carbonyl (C=O) groups is 2. The van der Waals surface area contributed by atoms with Crippen LogP contribution in [0.2, 0.25) is 0 Å². The molecule has 1 N–H and O–H groups in total. The third-order valence-corrected chi connectivity index (χ3v) is 2.70. The number of Topliss-reactive ketones (excluding diaryl/α,β-unsaturated/α-hetero) is 1. The predicted octanol–water partition coefficient (Wildman–Crippen LogP) is 2.45. The lowest BCUT2D eigenvalue weighted by molar-refractivity contribution is -0.137. The highest BCUT2D eigenvalue weighted by molar-refractivity contribution is 5.79. The highest BCUT2D eigenvalue weighted by atomic mass is 16.5. The van der Waals surface area contributed by atoms with Gasteiger partial charge < -0.3 is 9.84 Å². The molecule has 0 aromatic heterocycles. The van der Waals surface area contributed by atoms with E-state index < -0.39 is 5.97 Å². The molecule has 0 saturated heterocycles. The first-order chi connectivity index (χ1) is 8.61. The molecule has 0 unspecified atom stereocenters. The molecule has 98 valence electrons. The number of methoxy groups -OCH3 is 1. The number of carboxylic acid groups (broad SMARTS) is 1. The molecule has 0 spiro atoms. The van der Waals surface area contributed by atoms with Crippen LogP contribution in [0.3, 0.4) is 0 Å². The smallest absolute Gasteiger partial charge is 0.303 e. The van der Waals surface area contributed by atoms with Crippen molar-refractivity contribution in [2.75, 3.05) is 7.11 Å². The van der Waals surface area contributed by atoms with Gasteiger partial charge in [-0.3, -0.25) is 9.59 Å². The van der Waals surface area contributed by atoms with Crippen molar-refractivity contribution >= 4 is 11.8 Å². The average molecular weight is 250 g/mol. The fourth-order valence-electron chi connectivity index (χ4n) is 1.64. The summed E-state index contributed by atoms with van der Waals surface area (Å²) < 4.78 is 5.05. The third kappa shape index (κ3) is 5.48. The largest absolute Gasteiger partial charge is 0.497 e. The number of rotatable bonds is 8. The number of aryl methyl sites for hydroxylation is 1. The number of benzene rings is 1. The standard InChI is InChI=1S/C14H18O4/c1-18-13-9-6-11(7-10-13)5-8-12(15)3-2-4-14(16)17/h6-7,9-10H,2-5,8H2,1H3,(H,16,17). The molecule has 18 heavy (non-hydrogen) atoms. The molecule has 4 heteroatoms. The van der Waals surface area contributed by atoms with Gasteiger partial charge >= 0.3 is 5.97 Å². The Balaban J connectivity index is 2.26. The topological polar surface area (TPSA) is 63.6 Å². The number of hydrogen-bond donors (Lipinski definition) is 1. The molecule has 1 rings (SSSR count). The molecule has 1 aromatic rings.